The fourth-order valence-electron chi connectivity index (χ4n) is 1.46. The highest BCUT2D eigenvalue weighted by atomic mass is 79.9. The number of hydrogen-bond donors (Lipinski definition) is 1. The van der Waals surface area contributed by atoms with Crippen LogP contribution in [0.1, 0.15) is 11.1 Å². The van der Waals surface area contributed by atoms with Gasteiger partial charge in [-0.2, -0.15) is 0 Å². The maximum absolute atomic E-state index is 5.82. The fraction of sp³-hybridized carbons (Fsp3) is 0.455. The molecule has 1 aromatic rings. The van der Waals surface area contributed by atoms with Crippen molar-refractivity contribution in [2.45, 2.75) is 20.0 Å². The maximum Gasteiger partial charge on any atom is 0.123 e. The summed E-state index contributed by atoms with van der Waals surface area (Å²) < 4.78 is 6.98. The molecule has 14 heavy (non-hydrogen) atoms. The SMILES string of the molecule is Cc1ccc(OC2CNC2)c(C)c1Br. The Bertz CT molecular complexity index is 347. The van der Waals surface area contributed by atoms with Gasteiger partial charge in [0.15, 0.2) is 0 Å². The quantitative estimate of drug-likeness (QED) is 0.877. The largest absolute Gasteiger partial charge is 0.487 e. The maximum atomic E-state index is 5.82. The summed E-state index contributed by atoms with van der Waals surface area (Å²) in [6.45, 7) is 6.10. The molecule has 0 aliphatic carbocycles. The molecule has 0 atom stereocenters. The van der Waals surface area contributed by atoms with E-state index >= 15 is 0 Å². The molecule has 1 fully saturated rings. The van der Waals surface area contributed by atoms with E-state index in [1.54, 1.807) is 0 Å². The summed E-state index contributed by atoms with van der Waals surface area (Å²) >= 11 is 3.56. The first-order valence-electron chi connectivity index (χ1n) is 4.81. The average Bonchev–Trinajstić information content (AvgIpc) is 2.10. The van der Waals surface area contributed by atoms with Gasteiger partial charge in [-0.15, -0.1) is 0 Å². The minimum absolute atomic E-state index is 0.350. The van der Waals surface area contributed by atoms with Crippen LogP contribution in [-0.2, 0) is 0 Å². The Kier molecular flexibility index (Phi) is 2.79. The number of hydrogen-bond acceptors (Lipinski definition) is 2. The van der Waals surface area contributed by atoms with E-state index in [1.165, 1.54) is 11.1 Å². The van der Waals surface area contributed by atoms with Crippen molar-refractivity contribution in [3.05, 3.63) is 27.7 Å². The average molecular weight is 256 g/mol. The summed E-state index contributed by atoms with van der Waals surface area (Å²) in [5, 5.41) is 3.19. The van der Waals surface area contributed by atoms with Crippen molar-refractivity contribution in [1.29, 1.82) is 0 Å². The lowest BCUT2D eigenvalue weighted by Gasteiger charge is -2.28. The Morgan fingerprint density at radius 1 is 1.36 bits per heavy atom. The van der Waals surface area contributed by atoms with Crippen LogP contribution in [0, 0.1) is 13.8 Å². The number of aryl methyl sites for hydroxylation is 1. The van der Waals surface area contributed by atoms with Crippen molar-refractivity contribution in [3.63, 3.8) is 0 Å². The number of benzene rings is 1. The van der Waals surface area contributed by atoms with E-state index in [1.807, 2.05) is 6.07 Å². The van der Waals surface area contributed by atoms with Gasteiger partial charge in [0.25, 0.3) is 0 Å². The van der Waals surface area contributed by atoms with Crippen molar-refractivity contribution in [2.24, 2.45) is 0 Å². The van der Waals surface area contributed by atoms with Gasteiger partial charge in [0.2, 0.25) is 0 Å². The van der Waals surface area contributed by atoms with Crippen molar-refractivity contribution < 1.29 is 4.74 Å². The molecule has 76 valence electrons. The lowest BCUT2D eigenvalue weighted by Crippen LogP contribution is -2.50. The van der Waals surface area contributed by atoms with Gasteiger partial charge in [-0.1, -0.05) is 22.0 Å². The van der Waals surface area contributed by atoms with Gasteiger partial charge < -0.3 is 10.1 Å². The molecular formula is C11H14BrNO. The molecule has 0 unspecified atom stereocenters. The highest BCUT2D eigenvalue weighted by Gasteiger charge is 2.19. The van der Waals surface area contributed by atoms with Crippen LogP contribution in [0.5, 0.6) is 5.75 Å². The molecule has 1 saturated heterocycles. The third-order valence-corrected chi connectivity index (χ3v) is 3.79. The molecular weight excluding hydrogens is 242 g/mol. The highest BCUT2D eigenvalue weighted by Crippen LogP contribution is 2.29. The van der Waals surface area contributed by atoms with Crippen LogP contribution >= 0.6 is 15.9 Å². The molecule has 1 heterocycles. The molecule has 0 bridgehead atoms. The summed E-state index contributed by atoms with van der Waals surface area (Å²) in [5.41, 5.74) is 2.44. The third kappa shape index (κ3) is 1.79. The minimum atomic E-state index is 0.350. The summed E-state index contributed by atoms with van der Waals surface area (Å²) in [5.74, 6) is 0.994. The fourth-order valence-corrected chi connectivity index (χ4v) is 1.78. The zero-order valence-corrected chi connectivity index (χ0v) is 10.0. The van der Waals surface area contributed by atoms with Crippen LogP contribution in [0.2, 0.25) is 0 Å². The van der Waals surface area contributed by atoms with E-state index in [0.717, 1.165) is 23.3 Å². The third-order valence-electron chi connectivity index (χ3n) is 2.57. The van der Waals surface area contributed by atoms with Gasteiger partial charge in [-0.05, 0) is 25.5 Å². The van der Waals surface area contributed by atoms with Crippen molar-refractivity contribution in [1.82, 2.24) is 5.32 Å². The van der Waals surface area contributed by atoms with Gasteiger partial charge in [-0.25, -0.2) is 0 Å². The molecule has 1 aliphatic heterocycles. The first kappa shape index (κ1) is 9.99. The Balaban J connectivity index is 2.20. The van der Waals surface area contributed by atoms with Gasteiger partial charge in [-0.3, -0.25) is 0 Å². The van der Waals surface area contributed by atoms with Gasteiger partial charge in [0.1, 0.15) is 11.9 Å². The second kappa shape index (κ2) is 3.91. The number of halogens is 1. The molecule has 1 aliphatic rings. The van der Waals surface area contributed by atoms with Crippen molar-refractivity contribution in [3.8, 4) is 5.75 Å². The molecule has 2 rings (SSSR count). The molecule has 0 aromatic heterocycles. The summed E-state index contributed by atoms with van der Waals surface area (Å²) in [7, 11) is 0. The second-order valence-corrected chi connectivity index (χ2v) is 4.51. The predicted molar refractivity (Wildman–Crippen MR) is 60.9 cm³/mol. The topological polar surface area (TPSA) is 21.3 Å². The Morgan fingerprint density at radius 2 is 2.07 bits per heavy atom. The predicted octanol–water partition coefficient (Wildman–Crippen LogP) is 2.42. The van der Waals surface area contributed by atoms with Crippen LogP contribution < -0.4 is 10.1 Å². The molecule has 1 aromatic carbocycles. The highest BCUT2D eigenvalue weighted by molar-refractivity contribution is 9.10. The standard InChI is InChI=1S/C11H14BrNO/c1-7-3-4-10(8(2)11(7)12)14-9-5-13-6-9/h3-4,9,13H,5-6H2,1-2H3. The first-order valence-corrected chi connectivity index (χ1v) is 5.61. The second-order valence-electron chi connectivity index (χ2n) is 3.72. The molecule has 0 amide bonds. The van der Waals surface area contributed by atoms with Gasteiger partial charge in [0, 0.05) is 23.1 Å². The van der Waals surface area contributed by atoms with Crippen molar-refractivity contribution >= 4 is 15.9 Å². The van der Waals surface area contributed by atoms with E-state index in [0.29, 0.717) is 6.10 Å². The number of nitrogens with one attached hydrogen (secondary N) is 1. The van der Waals surface area contributed by atoms with Crippen LogP contribution in [0.25, 0.3) is 0 Å². The Hall–Kier alpha value is -0.540. The van der Waals surface area contributed by atoms with Crippen LogP contribution in [-0.4, -0.2) is 19.2 Å². The smallest absolute Gasteiger partial charge is 0.123 e. The molecule has 1 N–H and O–H groups in total. The zero-order valence-electron chi connectivity index (χ0n) is 8.43. The van der Waals surface area contributed by atoms with Crippen molar-refractivity contribution in [2.75, 3.05) is 13.1 Å². The zero-order chi connectivity index (χ0) is 10.1. The number of rotatable bonds is 2. The van der Waals surface area contributed by atoms with Crippen LogP contribution in [0.4, 0.5) is 0 Å². The van der Waals surface area contributed by atoms with E-state index in [2.05, 4.69) is 41.2 Å². The molecule has 0 spiro atoms. The van der Waals surface area contributed by atoms with E-state index < -0.39 is 0 Å². The molecule has 3 heteroatoms. The number of ether oxygens (including phenoxy) is 1. The van der Waals surface area contributed by atoms with Crippen LogP contribution in [0.15, 0.2) is 16.6 Å². The molecule has 0 saturated carbocycles. The van der Waals surface area contributed by atoms with Crippen LogP contribution in [0.3, 0.4) is 0 Å². The van der Waals surface area contributed by atoms with E-state index in [-0.39, 0.29) is 0 Å². The lowest BCUT2D eigenvalue weighted by atomic mass is 10.1. The summed E-state index contributed by atoms with van der Waals surface area (Å²) in [4.78, 5) is 0. The van der Waals surface area contributed by atoms with Gasteiger partial charge in [0.05, 0.1) is 0 Å². The summed E-state index contributed by atoms with van der Waals surface area (Å²) in [6, 6.07) is 4.13. The lowest BCUT2D eigenvalue weighted by molar-refractivity contribution is 0.141. The Labute approximate surface area is 92.8 Å². The molecule has 0 radical (unpaired) electrons. The Morgan fingerprint density at radius 3 is 2.64 bits per heavy atom. The first-order chi connectivity index (χ1) is 6.68. The minimum Gasteiger partial charge on any atom is -0.487 e. The summed E-state index contributed by atoms with van der Waals surface area (Å²) in [6.07, 6.45) is 0.350. The molecule has 2 nitrogen and oxygen atoms in total. The monoisotopic (exact) mass is 255 g/mol. The van der Waals surface area contributed by atoms with Gasteiger partial charge >= 0.3 is 0 Å². The normalized spacial score (nSPS) is 16.5. The van der Waals surface area contributed by atoms with E-state index in [4.69, 9.17) is 4.74 Å². The van der Waals surface area contributed by atoms with E-state index in [9.17, 15) is 0 Å².